The van der Waals surface area contributed by atoms with Crippen LogP contribution >= 0.6 is 0 Å². The van der Waals surface area contributed by atoms with Crippen molar-refractivity contribution in [2.24, 2.45) is 0 Å². The van der Waals surface area contributed by atoms with Gasteiger partial charge in [0.05, 0.1) is 6.26 Å². The molecule has 2 aromatic rings. The summed E-state index contributed by atoms with van der Waals surface area (Å²) in [7, 11) is 0. The number of carbonyl (C=O) groups is 1. The molecule has 0 saturated carbocycles. The van der Waals surface area contributed by atoms with E-state index in [0.29, 0.717) is 12.4 Å². The largest absolute Gasteiger partial charge is 0.498 e. The Balaban J connectivity index is 2.31. The lowest BCUT2D eigenvalue weighted by atomic mass is 10.1. The Morgan fingerprint density at radius 3 is 2.53 bits per heavy atom. The monoisotopic (exact) mass is 258 g/mol. The van der Waals surface area contributed by atoms with Crippen LogP contribution in [0.1, 0.15) is 10.4 Å². The van der Waals surface area contributed by atoms with Gasteiger partial charge in [-0.05, 0) is 22.9 Å². The molecule has 4 heteroatoms. The summed E-state index contributed by atoms with van der Waals surface area (Å²) in [6.07, 6.45) is 1.32. The first-order chi connectivity index (χ1) is 9.22. The molecule has 0 bridgehead atoms. The number of rotatable bonds is 6. The molecule has 98 valence electrons. The molecule has 2 aromatic carbocycles. The van der Waals surface area contributed by atoms with Gasteiger partial charge in [0, 0.05) is 0 Å². The van der Waals surface area contributed by atoms with Crippen LogP contribution in [0.5, 0.6) is 5.75 Å². The molecule has 0 unspecified atom stereocenters. The molecule has 0 aromatic heterocycles. The topological polar surface area (TPSA) is 55.8 Å². The Hall–Kier alpha value is -2.49. The Morgan fingerprint density at radius 1 is 1.21 bits per heavy atom. The predicted molar refractivity (Wildman–Crippen MR) is 72.6 cm³/mol. The molecular formula is C15H14O4. The summed E-state index contributed by atoms with van der Waals surface area (Å²) in [5.74, 6) is -0.663. The minimum absolute atomic E-state index is 0.150. The molecule has 0 spiro atoms. The van der Waals surface area contributed by atoms with Crippen molar-refractivity contribution in [3.05, 3.63) is 54.8 Å². The summed E-state index contributed by atoms with van der Waals surface area (Å²) < 4.78 is 10.4. The zero-order valence-corrected chi connectivity index (χ0v) is 10.3. The molecule has 2 rings (SSSR count). The van der Waals surface area contributed by atoms with Gasteiger partial charge < -0.3 is 14.6 Å². The van der Waals surface area contributed by atoms with Crippen molar-refractivity contribution in [1.82, 2.24) is 0 Å². The molecule has 0 fully saturated rings. The van der Waals surface area contributed by atoms with Crippen LogP contribution in [0.15, 0.2) is 49.2 Å². The van der Waals surface area contributed by atoms with E-state index in [9.17, 15) is 9.90 Å². The average Bonchev–Trinajstić information content (AvgIpc) is 2.42. The molecule has 0 aliphatic heterocycles. The standard InChI is InChI=1S/C15H14O4/c1-2-18-7-8-19-14-10-12-6-4-3-5-11(12)9-13(14)15(16)17/h2-6,9-10H,1,7-8H2,(H,16,17). The molecule has 0 heterocycles. The van der Waals surface area contributed by atoms with Crippen LogP contribution < -0.4 is 4.74 Å². The lowest BCUT2D eigenvalue weighted by Crippen LogP contribution is -2.08. The summed E-state index contributed by atoms with van der Waals surface area (Å²) in [5.41, 5.74) is 0.150. The van der Waals surface area contributed by atoms with Crippen molar-refractivity contribution < 1.29 is 19.4 Å². The fourth-order valence-electron chi connectivity index (χ4n) is 1.79. The molecule has 0 saturated heterocycles. The number of benzene rings is 2. The molecule has 1 N–H and O–H groups in total. The van der Waals surface area contributed by atoms with E-state index in [0.717, 1.165) is 10.8 Å². The number of ether oxygens (including phenoxy) is 2. The van der Waals surface area contributed by atoms with Crippen LogP contribution in [0.25, 0.3) is 10.8 Å². The third kappa shape index (κ3) is 3.04. The Morgan fingerprint density at radius 2 is 1.89 bits per heavy atom. The van der Waals surface area contributed by atoms with Crippen molar-refractivity contribution in [1.29, 1.82) is 0 Å². The fourth-order valence-corrected chi connectivity index (χ4v) is 1.79. The molecular weight excluding hydrogens is 244 g/mol. The molecule has 0 amide bonds. The van der Waals surface area contributed by atoms with Gasteiger partial charge in [-0.25, -0.2) is 4.79 Å². The molecule has 0 aliphatic rings. The van der Waals surface area contributed by atoms with E-state index in [-0.39, 0.29) is 12.2 Å². The third-order valence-corrected chi connectivity index (χ3v) is 2.65. The second-order valence-electron chi connectivity index (χ2n) is 3.89. The maximum Gasteiger partial charge on any atom is 0.339 e. The molecule has 0 aliphatic carbocycles. The fraction of sp³-hybridized carbons (Fsp3) is 0.133. The highest BCUT2D eigenvalue weighted by Crippen LogP contribution is 2.26. The summed E-state index contributed by atoms with van der Waals surface area (Å²) in [4.78, 5) is 11.2. The van der Waals surface area contributed by atoms with E-state index >= 15 is 0 Å². The highest BCUT2D eigenvalue weighted by atomic mass is 16.5. The van der Waals surface area contributed by atoms with Crippen LogP contribution in [-0.2, 0) is 4.74 Å². The van der Waals surface area contributed by atoms with Crippen LogP contribution in [0, 0.1) is 0 Å². The van der Waals surface area contributed by atoms with Gasteiger partial charge in [0.15, 0.2) is 0 Å². The minimum atomic E-state index is -1.01. The zero-order chi connectivity index (χ0) is 13.7. The van der Waals surface area contributed by atoms with Crippen molar-refractivity contribution in [2.45, 2.75) is 0 Å². The van der Waals surface area contributed by atoms with Gasteiger partial charge in [-0.1, -0.05) is 30.8 Å². The molecule has 0 radical (unpaired) electrons. The van der Waals surface area contributed by atoms with Crippen molar-refractivity contribution in [3.8, 4) is 5.75 Å². The first-order valence-corrected chi connectivity index (χ1v) is 5.84. The maximum absolute atomic E-state index is 11.2. The van der Waals surface area contributed by atoms with Crippen LogP contribution in [0.4, 0.5) is 0 Å². The quantitative estimate of drug-likeness (QED) is 0.639. The Kier molecular flexibility index (Phi) is 4.03. The average molecular weight is 258 g/mol. The van der Waals surface area contributed by atoms with E-state index in [1.54, 1.807) is 12.1 Å². The van der Waals surface area contributed by atoms with Crippen LogP contribution in [0.3, 0.4) is 0 Å². The van der Waals surface area contributed by atoms with E-state index < -0.39 is 5.97 Å². The maximum atomic E-state index is 11.2. The highest BCUT2D eigenvalue weighted by Gasteiger charge is 2.12. The highest BCUT2D eigenvalue weighted by molar-refractivity contribution is 5.97. The smallest absolute Gasteiger partial charge is 0.339 e. The van der Waals surface area contributed by atoms with E-state index in [1.165, 1.54) is 6.26 Å². The van der Waals surface area contributed by atoms with Gasteiger partial charge in [0.25, 0.3) is 0 Å². The number of carboxylic acid groups (broad SMARTS) is 1. The summed E-state index contributed by atoms with van der Waals surface area (Å²) >= 11 is 0. The normalized spacial score (nSPS) is 10.1. The Bertz CT molecular complexity index is 604. The summed E-state index contributed by atoms with van der Waals surface area (Å²) in [6, 6.07) is 10.9. The van der Waals surface area contributed by atoms with Crippen LogP contribution in [-0.4, -0.2) is 24.3 Å². The number of aromatic carboxylic acids is 1. The number of carboxylic acids is 1. The van der Waals surface area contributed by atoms with E-state index in [2.05, 4.69) is 6.58 Å². The first kappa shape index (κ1) is 13.0. The number of hydrogen-bond acceptors (Lipinski definition) is 3. The lowest BCUT2D eigenvalue weighted by Gasteiger charge is -2.10. The number of fused-ring (bicyclic) bond motifs is 1. The zero-order valence-electron chi connectivity index (χ0n) is 10.3. The van der Waals surface area contributed by atoms with Gasteiger partial charge in [0.1, 0.15) is 24.5 Å². The van der Waals surface area contributed by atoms with Gasteiger partial charge in [-0.2, -0.15) is 0 Å². The van der Waals surface area contributed by atoms with Crippen molar-refractivity contribution in [2.75, 3.05) is 13.2 Å². The van der Waals surface area contributed by atoms with Gasteiger partial charge >= 0.3 is 5.97 Å². The second-order valence-corrected chi connectivity index (χ2v) is 3.89. The first-order valence-electron chi connectivity index (χ1n) is 5.84. The van der Waals surface area contributed by atoms with Crippen LogP contribution in [0.2, 0.25) is 0 Å². The number of hydrogen-bond donors (Lipinski definition) is 1. The predicted octanol–water partition coefficient (Wildman–Crippen LogP) is 3.08. The summed E-state index contributed by atoms with van der Waals surface area (Å²) in [5, 5.41) is 11.0. The van der Waals surface area contributed by atoms with Crippen molar-refractivity contribution in [3.63, 3.8) is 0 Å². The van der Waals surface area contributed by atoms with Gasteiger partial charge in [-0.3, -0.25) is 0 Å². The lowest BCUT2D eigenvalue weighted by molar-refractivity contribution is 0.0691. The minimum Gasteiger partial charge on any atom is -0.498 e. The molecule has 0 atom stereocenters. The summed E-state index contributed by atoms with van der Waals surface area (Å²) in [6.45, 7) is 4.02. The third-order valence-electron chi connectivity index (χ3n) is 2.65. The van der Waals surface area contributed by atoms with Crippen molar-refractivity contribution >= 4 is 16.7 Å². The Labute approximate surface area is 110 Å². The van der Waals surface area contributed by atoms with E-state index in [1.807, 2.05) is 24.3 Å². The molecule has 19 heavy (non-hydrogen) atoms. The molecule has 4 nitrogen and oxygen atoms in total. The SMILES string of the molecule is C=COCCOc1cc2ccccc2cc1C(=O)O. The second kappa shape index (κ2) is 5.91. The van der Waals surface area contributed by atoms with E-state index in [4.69, 9.17) is 9.47 Å². The van der Waals surface area contributed by atoms with Gasteiger partial charge in [-0.15, -0.1) is 0 Å². The van der Waals surface area contributed by atoms with Gasteiger partial charge in [0.2, 0.25) is 0 Å².